The first-order valence-electron chi connectivity index (χ1n) is 7.07. The van der Waals surface area contributed by atoms with Crippen LogP contribution < -0.4 is 5.32 Å². The van der Waals surface area contributed by atoms with Crippen LogP contribution >= 0.6 is 0 Å². The number of rotatable bonds is 5. The first kappa shape index (κ1) is 15.0. The van der Waals surface area contributed by atoms with Gasteiger partial charge in [-0.05, 0) is 32.3 Å². The third-order valence-corrected chi connectivity index (χ3v) is 3.82. The molecule has 21 heavy (non-hydrogen) atoms. The summed E-state index contributed by atoms with van der Waals surface area (Å²) >= 11 is 0. The molecule has 1 heterocycles. The van der Waals surface area contributed by atoms with E-state index in [1.54, 1.807) is 6.92 Å². The molecule has 0 spiro atoms. The highest BCUT2D eigenvalue weighted by molar-refractivity contribution is 6.07. The summed E-state index contributed by atoms with van der Waals surface area (Å²) < 4.78 is 0. The van der Waals surface area contributed by atoms with Gasteiger partial charge in [0, 0.05) is 13.0 Å². The molecule has 5 heteroatoms. The highest BCUT2D eigenvalue weighted by Crippen LogP contribution is 2.29. The molecule has 110 valence electrons. The number of nitrogens with one attached hydrogen (secondary N) is 1. The number of unbranched alkanes of at least 4 members (excludes halogenated alkanes) is 2. The van der Waals surface area contributed by atoms with Crippen molar-refractivity contribution >= 4 is 11.9 Å². The number of nitriles is 1. The van der Waals surface area contributed by atoms with E-state index in [2.05, 4.69) is 11.4 Å². The van der Waals surface area contributed by atoms with E-state index in [9.17, 15) is 9.59 Å². The minimum absolute atomic E-state index is 0.228. The van der Waals surface area contributed by atoms with Crippen LogP contribution in [-0.4, -0.2) is 23.4 Å². The topological polar surface area (TPSA) is 73.2 Å². The molecule has 1 aromatic rings. The zero-order valence-electron chi connectivity index (χ0n) is 12.3. The van der Waals surface area contributed by atoms with E-state index in [-0.39, 0.29) is 11.9 Å². The molecule has 1 aliphatic heterocycles. The zero-order valence-corrected chi connectivity index (χ0v) is 12.3. The van der Waals surface area contributed by atoms with Crippen LogP contribution in [0.3, 0.4) is 0 Å². The van der Waals surface area contributed by atoms with Gasteiger partial charge in [-0.25, -0.2) is 4.79 Å². The van der Waals surface area contributed by atoms with Crippen LogP contribution in [0.5, 0.6) is 0 Å². The predicted octanol–water partition coefficient (Wildman–Crippen LogP) is 2.46. The summed E-state index contributed by atoms with van der Waals surface area (Å²) in [4.78, 5) is 25.8. The minimum atomic E-state index is -1.000. The summed E-state index contributed by atoms with van der Waals surface area (Å²) in [5.74, 6) is -0.228. The summed E-state index contributed by atoms with van der Waals surface area (Å²) in [6.45, 7) is 4.06. The Morgan fingerprint density at radius 2 is 1.90 bits per heavy atom. The van der Waals surface area contributed by atoms with Gasteiger partial charge in [0.15, 0.2) is 0 Å². The normalized spacial score (nSPS) is 21.3. The second kappa shape index (κ2) is 5.96. The maximum Gasteiger partial charge on any atom is 0.325 e. The van der Waals surface area contributed by atoms with Crippen molar-refractivity contribution in [2.75, 3.05) is 6.54 Å². The Balaban J connectivity index is 2.13. The van der Waals surface area contributed by atoms with Gasteiger partial charge in [-0.3, -0.25) is 9.69 Å². The largest absolute Gasteiger partial charge is 0.325 e. The molecule has 1 N–H and O–H groups in total. The molecule has 1 saturated heterocycles. The van der Waals surface area contributed by atoms with Gasteiger partial charge < -0.3 is 5.32 Å². The number of urea groups is 1. The van der Waals surface area contributed by atoms with Gasteiger partial charge >= 0.3 is 6.03 Å². The number of carbonyl (C=O) groups is 2. The number of nitrogens with zero attached hydrogens (tertiary/aromatic N) is 2. The molecule has 0 radical (unpaired) electrons. The van der Waals surface area contributed by atoms with E-state index in [0.29, 0.717) is 25.8 Å². The molecule has 1 fully saturated rings. The molecule has 0 aromatic heterocycles. The Kier molecular flexibility index (Phi) is 4.27. The van der Waals surface area contributed by atoms with Crippen molar-refractivity contribution in [1.29, 1.82) is 5.26 Å². The highest BCUT2D eigenvalue weighted by Gasteiger charge is 2.48. The van der Waals surface area contributed by atoms with Crippen LogP contribution in [0.4, 0.5) is 4.79 Å². The molecule has 1 aromatic carbocycles. The van der Waals surface area contributed by atoms with Crippen molar-refractivity contribution in [3.05, 3.63) is 35.4 Å². The lowest BCUT2D eigenvalue weighted by molar-refractivity contribution is -0.131. The van der Waals surface area contributed by atoms with Crippen molar-refractivity contribution in [3.8, 4) is 6.07 Å². The van der Waals surface area contributed by atoms with E-state index in [1.165, 1.54) is 4.90 Å². The second-order valence-corrected chi connectivity index (χ2v) is 5.49. The van der Waals surface area contributed by atoms with Crippen molar-refractivity contribution in [1.82, 2.24) is 10.2 Å². The van der Waals surface area contributed by atoms with Gasteiger partial charge in [0.2, 0.25) is 0 Å². The second-order valence-electron chi connectivity index (χ2n) is 5.49. The third-order valence-electron chi connectivity index (χ3n) is 3.82. The number of imide groups is 1. The average Bonchev–Trinajstić information content (AvgIpc) is 2.68. The fourth-order valence-corrected chi connectivity index (χ4v) is 2.46. The third kappa shape index (κ3) is 2.89. The quantitative estimate of drug-likeness (QED) is 0.667. The maximum absolute atomic E-state index is 12.6. The van der Waals surface area contributed by atoms with Crippen LogP contribution in [0.2, 0.25) is 0 Å². The molecule has 0 bridgehead atoms. The first-order valence-corrected chi connectivity index (χ1v) is 7.07. The molecular weight excluding hydrogens is 266 g/mol. The van der Waals surface area contributed by atoms with Crippen molar-refractivity contribution in [2.45, 2.75) is 38.6 Å². The van der Waals surface area contributed by atoms with Crippen LogP contribution in [-0.2, 0) is 10.3 Å². The Morgan fingerprint density at radius 3 is 2.52 bits per heavy atom. The Morgan fingerprint density at radius 1 is 1.24 bits per heavy atom. The van der Waals surface area contributed by atoms with Crippen molar-refractivity contribution in [3.63, 3.8) is 0 Å². The summed E-state index contributed by atoms with van der Waals surface area (Å²) in [6.07, 6.45) is 1.78. The summed E-state index contributed by atoms with van der Waals surface area (Å²) in [7, 11) is 0. The number of benzene rings is 1. The van der Waals surface area contributed by atoms with Gasteiger partial charge in [-0.2, -0.15) is 5.26 Å². The molecule has 0 aliphatic carbocycles. The summed E-state index contributed by atoms with van der Waals surface area (Å²) in [6, 6.07) is 9.29. The molecule has 1 atom stereocenters. The molecule has 0 unspecified atom stereocenters. The predicted molar refractivity (Wildman–Crippen MR) is 78.2 cm³/mol. The van der Waals surface area contributed by atoms with E-state index >= 15 is 0 Å². The maximum atomic E-state index is 12.6. The van der Waals surface area contributed by atoms with E-state index < -0.39 is 5.54 Å². The van der Waals surface area contributed by atoms with Gasteiger partial charge in [0.25, 0.3) is 5.91 Å². The zero-order chi connectivity index (χ0) is 15.5. The standard InChI is InChI=1S/C16H19N3O2/c1-12-6-8-13(9-7-12)16(2)14(20)19(15(21)18-16)11-5-3-4-10-17/h6-9H,3-5,11H2,1-2H3,(H,18,21)/t16-/m1/s1. The SMILES string of the molecule is Cc1ccc([C@@]2(C)NC(=O)N(CCCCC#N)C2=O)cc1. The average molecular weight is 285 g/mol. The molecule has 1 aliphatic rings. The van der Waals surface area contributed by atoms with Gasteiger partial charge in [0.1, 0.15) is 5.54 Å². The lowest BCUT2D eigenvalue weighted by atomic mass is 9.91. The number of amides is 3. The fraction of sp³-hybridized carbons (Fsp3) is 0.438. The minimum Gasteiger partial charge on any atom is -0.319 e. The van der Waals surface area contributed by atoms with Crippen LogP contribution in [0.25, 0.3) is 0 Å². The Hall–Kier alpha value is -2.35. The number of aryl methyl sites for hydroxylation is 1. The van der Waals surface area contributed by atoms with Gasteiger partial charge in [-0.15, -0.1) is 0 Å². The van der Waals surface area contributed by atoms with Crippen molar-refractivity contribution < 1.29 is 9.59 Å². The van der Waals surface area contributed by atoms with E-state index in [4.69, 9.17) is 5.26 Å². The molecule has 2 rings (SSSR count). The van der Waals surface area contributed by atoms with Crippen LogP contribution in [0, 0.1) is 18.3 Å². The smallest absolute Gasteiger partial charge is 0.319 e. The van der Waals surface area contributed by atoms with Gasteiger partial charge in [0.05, 0.1) is 6.07 Å². The van der Waals surface area contributed by atoms with Crippen LogP contribution in [0.15, 0.2) is 24.3 Å². The lowest BCUT2D eigenvalue weighted by Crippen LogP contribution is -2.41. The highest BCUT2D eigenvalue weighted by atomic mass is 16.2. The molecular formula is C16H19N3O2. The summed E-state index contributed by atoms with van der Waals surface area (Å²) in [5.41, 5.74) is 0.887. The molecule has 0 saturated carbocycles. The number of hydrogen-bond acceptors (Lipinski definition) is 3. The first-order chi connectivity index (χ1) is 9.99. The Labute approximate surface area is 124 Å². The monoisotopic (exact) mass is 285 g/mol. The van der Waals surface area contributed by atoms with E-state index in [0.717, 1.165) is 11.1 Å². The van der Waals surface area contributed by atoms with E-state index in [1.807, 2.05) is 31.2 Å². The fourth-order valence-electron chi connectivity index (χ4n) is 2.46. The van der Waals surface area contributed by atoms with Crippen molar-refractivity contribution in [2.24, 2.45) is 0 Å². The Bertz CT molecular complexity index is 589. The summed E-state index contributed by atoms with van der Waals surface area (Å²) in [5, 5.41) is 11.3. The van der Waals surface area contributed by atoms with Gasteiger partial charge in [-0.1, -0.05) is 29.8 Å². The number of carbonyl (C=O) groups excluding carboxylic acids is 2. The number of hydrogen-bond donors (Lipinski definition) is 1. The lowest BCUT2D eigenvalue weighted by Gasteiger charge is -2.22. The molecule has 3 amide bonds. The van der Waals surface area contributed by atoms with Crippen LogP contribution in [0.1, 0.15) is 37.3 Å². The molecule has 5 nitrogen and oxygen atoms in total.